The van der Waals surface area contributed by atoms with Crippen LogP contribution in [0.4, 0.5) is 4.79 Å². The van der Waals surface area contributed by atoms with Crippen LogP contribution in [-0.4, -0.2) is 45.6 Å². The van der Waals surface area contributed by atoms with Crippen LogP contribution in [0.15, 0.2) is 0 Å². The summed E-state index contributed by atoms with van der Waals surface area (Å²) in [6, 6.07) is 0. The maximum Gasteiger partial charge on any atom is 0.407 e. The molecular formula is C9H14BrNO4. The Kier molecular flexibility index (Phi) is 3.96. The topological polar surface area (TPSA) is 77.8 Å². The van der Waals surface area contributed by atoms with Gasteiger partial charge in [-0.05, 0) is 19.3 Å². The second-order valence-electron chi connectivity index (χ2n) is 3.79. The number of amides is 1. The van der Waals surface area contributed by atoms with E-state index in [1.807, 2.05) is 0 Å². The Balaban J connectivity index is 2.65. The lowest BCUT2D eigenvalue weighted by Gasteiger charge is -2.37. The van der Waals surface area contributed by atoms with Crippen molar-refractivity contribution in [2.24, 2.45) is 5.41 Å². The first-order chi connectivity index (χ1) is 7.02. The number of alkyl halides is 1. The van der Waals surface area contributed by atoms with Crippen molar-refractivity contribution >= 4 is 28.0 Å². The van der Waals surface area contributed by atoms with Crippen molar-refractivity contribution in [1.29, 1.82) is 0 Å². The summed E-state index contributed by atoms with van der Waals surface area (Å²) in [6.07, 6.45) is 0.392. The number of hydrogen-bond donors (Lipinski definition) is 2. The molecule has 6 heteroatoms. The number of carboxylic acids is 1. The number of hydrogen-bond acceptors (Lipinski definition) is 2. The molecular weight excluding hydrogens is 266 g/mol. The molecule has 0 unspecified atom stereocenters. The fraction of sp³-hybridized carbons (Fsp3) is 0.778. The Labute approximate surface area is 96.2 Å². The number of carboxylic acid groups (broad SMARTS) is 2. The lowest BCUT2D eigenvalue weighted by molar-refractivity contribution is -0.152. The molecule has 0 spiro atoms. The molecule has 0 aromatic carbocycles. The average molecular weight is 280 g/mol. The number of likely N-dealkylation sites (tertiary alicyclic amines) is 1. The van der Waals surface area contributed by atoms with Gasteiger partial charge in [0, 0.05) is 18.4 Å². The van der Waals surface area contributed by atoms with Gasteiger partial charge in [0.1, 0.15) is 0 Å². The highest BCUT2D eigenvalue weighted by atomic mass is 79.9. The first-order valence-corrected chi connectivity index (χ1v) is 5.91. The quantitative estimate of drug-likeness (QED) is 0.770. The molecule has 0 aromatic rings. The molecule has 1 heterocycles. The largest absolute Gasteiger partial charge is 0.481 e. The summed E-state index contributed by atoms with van der Waals surface area (Å²) in [5.74, 6) is -0.813. The molecule has 1 aliphatic rings. The van der Waals surface area contributed by atoms with Crippen molar-refractivity contribution in [2.75, 3.05) is 18.4 Å². The minimum Gasteiger partial charge on any atom is -0.481 e. The van der Waals surface area contributed by atoms with Crippen molar-refractivity contribution in [3.8, 4) is 0 Å². The molecule has 86 valence electrons. The van der Waals surface area contributed by atoms with Crippen LogP contribution in [0.5, 0.6) is 0 Å². The Hall–Kier alpha value is -0.780. The van der Waals surface area contributed by atoms with Crippen molar-refractivity contribution in [3.05, 3.63) is 0 Å². The van der Waals surface area contributed by atoms with E-state index in [0.717, 1.165) is 0 Å². The number of nitrogens with zero attached hydrogens (tertiary/aromatic N) is 1. The zero-order valence-electron chi connectivity index (χ0n) is 8.28. The van der Waals surface area contributed by atoms with Crippen LogP contribution in [0.3, 0.4) is 0 Å². The summed E-state index contributed by atoms with van der Waals surface area (Å²) >= 11 is 3.24. The van der Waals surface area contributed by atoms with Gasteiger partial charge in [0.15, 0.2) is 0 Å². The first kappa shape index (κ1) is 12.3. The molecule has 0 bridgehead atoms. The van der Waals surface area contributed by atoms with Gasteiger partial charge in [-0.1, -0.05) is 15.9 Å². The van der Waals surface area contributed by atoms with E-state index in [1.54, 1.807) is 0 Å². The van der Waals surface area contributed by atoms with E-state index < -0.39 is 17.5 Å². The van der Waals surface area contributed by atoms with Gasteiger partial charge >= 0.3 is 12.1 Å². The minimum absolute atomic E-state index is 0.314. The van der Waals surface area contributed by atoms with E-state index in [1.165, 1.54) is 4.90 Å². The predicted octanol–water partition coefficient (Wildman–Crippen LogP) is 1.62. The van der Waals surface area contributed by atoms with Crippen LogP contribution >= 0.6 is 15.9 Å². The molecule has 0 radical (unpaired) electrons. The number of halogens is 1. The summed E-state index contributed by atoms with van der Waals surface area (Å²) < 4.78 is 0. The molecule has 0 aromatic heterocycles. The van der Waals surface area contributed by atoms with Gasteiger partial charge in [0.2, 0.25) is 0 Å². The number of carbonyl (C=O) groups is 2. The fourth-order valence-corrected chi connectivity index (χ4v) is 2.64. The Morgan fingerprint density at radius 3 is 2.13 bits per heavy atom. The van der Waals surface area contributed by atoms with Gasteiger partial charge in [-0.3, -0.25) is 4.79 Å². The zero-order chi connectivity index (χ0) is 11.5. The zero-order valence-corrected chi connectivity index (χ0v) is 9.86. The number of piperidine rings is 1. The molecule has 15 heavy (non-hydrogen) atoms. The average Bonchev–Trinajstić information content (AvgIpc) is 2.18. The minimum atomic E-state index is -0.965. The standard InChI is InChI=1S/C9H14BrNO4/c10-4-1-9(7(12)13)2-5-11(6-3-9)8(14)15/h1-6H2,(H,12,13)(H,14,15). The molecule has 0 saturated carbocycles. The van der Waals surface area contributed by atoms with Crippen LogP contribution in [0.1, 0.15) is 19.3 Å². The van der Waals surface area contributed by atoms with Gasteiger partial charge in [0.05, 0.1) is 5.41 Å². The van der Waals surface area contributed by atoms with Crippen LogP contribution < -0.4 is 0 Å². The Bertz CT molecular complexity index is 261. The number of rotatable bonds is 3. The number of aliphatic carboxylic acids is 1. The summed E-state index contributed by atoms with van der Waals surface area (Å²) in [5, 5.41) is 18.5. The van der Waals surface area contributed by atoms with Crippen molar-refractivity contribution in [1.82, 2.24) is 4.90 Å². The van der Waals surface area contributed by atoms with E-state index in [0.29, 0.717) is 37.7 Å². The third-order valence-corrected chi connectivity index (χ3v) is 3.41. The molecule has 1 rings (SSSR count). The maximum atomic E-state index is 11.2. The van der Waals surface area contributed by atoms with E-state index >= 15 is 0 Å². The summed E-state index contributed by atoms with van der Waals surface area (Å²) in [6.45, 7) is 0.628. The molecule has 1 aliphatic heterocycles. The summed E-state index contributed by atoms with van der Waals surface area (Å²) in [7, 11) is 0. The molecule has 1 saturated heterocycles. The fourth-order valence-electron chi connectivity index (χ4n) is 1.88. The van der Waals surface area contributed by atoms with Gasteiger partial charge in [0.25, 0.3) is 0 Å². The van der Waals surface area contributed by atoms with Crippen molar-refractivity contribution in [3.63, 3.8) is 0 Å². The highest BCUT2D eigenvalue weighted by molar-refractivity contribution is 9.09. The van der Waals surface area contributed by atoms with Gasteiger partial charge in [-0.25, -0.2) is 4.79 Å². The highest BCUT2D eigenvalue weighted by Gasteiger charge is 2.41. The monoisotopic (exact) mass is 279 g/mol. The molecule has 0 atom stereocenters. The van der Waals surface area contributed by atoms with Gasteiger partial charge in [-0.2, -0.15) is 0 Å². The molecule has 1 amide bonds. The Morgan fingerprint density at radius 2 is 1.80 bits per heavy atom. The van der Waals surface area contributed by atoms with E-state index in [-0.39, 0.29) is 0 Å². The third kappa shape index (κ3) is 2.62. The third-order valence-electron chi connectivity index (χ3n) is 3.02. The molecule has 0 aliphatic carbocycles. The first-order valence-electron chi connectivity index (χ1n) is 4.79. The van der Waals surface area contributed by atoms with Crippen molar-refractivity contribution in [2.45, 2.75) is 19.3 Å². The second kappa shape index (κ2) is 4.83. The highest BCUT2D eigenvalue weighted by Crippen LogP contribution is 2.35. The molecule has 2 N–H and O–H groups in total. The lowest BCUT2D eigenvalue weighted by atomic mass is 9.76. The van der Waals surface area contributed by atoms with E-state index in [9.17, 15) is 9.59 Å². The predicted molar refractivity (Wildman–Crippen MR) is 57.3 cm³/mol. The lowest BCUT2D eigenvalue weighted by Crippen LogP contribution is -2.46. The summed E-state index contributed by atoms with van der Waals surface area (Å²) in [5.41, 5.74) is -0.741. The Morgan fingerprint density at radius 1 is 1.27 bits per heavy atom. The summed E-state index contributed by atoms with van der Waals surface area (Å²) in [4.78, 5) is 23.1. The van der Waals surface area contributed by atoms with E-state index in [2.05, 4.69) is 15.9 Å². The normalized spacial score (nSPS) is 19.9. The van der Waals surface area contributed by atoms with Crippen LogP contribution in [0, 0.1) is 5.41 Å². The van der Waals surface area contributed by atoms with Crippen LogP contribution in [0.25, 0.3) is 0 Å². The second-order valence-corrected chi connectivity index (χ2v) is 4.59. The van der Waals surface area contributed by atoms with Gasteiger partial charge < -0.3 is 15.1 Å². The van der Waals surface area contributed by atoms with Crippen molar-refractivity contribution < 1.29 is 19.8 Å². The SMILES string of the molecule is O=C(O)N1CCC(CCBr)(C(=O)O)CC1. The van der Waals surface area contributed by atoms with E-state index in [4.69, 9.17) is 10.2 Å². The molecule has 1 fully saturated rings. The van der Waals surface area contributed by atoms with Crippen LogP contribution in [-0.2, 0) is 4.79 Å². The smallest absolute Gasteiger partial charge is 0.407 e. The molecule has 5 nitrogen and oxygen atoms in total. The van der Waals surface area contributed by atoms with Gasteiger partial charge in [-0.15, -0.1) is 0 Å². The van der Waals surface area contributed by atoms with Crippen LogP contribution in [0.2, 0.25) is 0 Å². The maximum absolute atomic E-state index is 11.2.